The molecule has 0 fully saturated rings. The molecule has 4 rings (SSSR count). The van der Waals surface area contributed by atoms with Crippen LogP contribution in [0.15, 0.2) is 54.9 Å². The van der Waals surface area contributed by atoms with E-state index in [-0.39, 0.29) is 11.8 Å². The number of nitrogens with one attached hydrogen (secondary N) is 2. The third-order valence-corrected chi connectivity index (χ3v) is 4.44. The van der Waals surface area contributed by atoms with Gasteiger partial charge in [0.15, 0.2) is 6.10 Å². The highest BCUT2D eigenvalue weighted by Crippen LogP contribution is 2.32. The molecule has 1 aliphatic heterocycles. The second-order valence-electron chi connectivity index (χ2n) is 6.44. The van der Waals surface area contributed by atoms with Crippen LogP contribution in [0.4, 0.5) is 11.4 Å². The fraction of sp³-hybridized carbons (Fsp3) is 0.211. The normalized spacial score (nSPS) is 16.5. The van der Waals surface area contributed by atoms with Crippen LogP contribution in [-0.4, -0.2) is 38.1 Å². The van der Waals surface area contributed by atoms with Gasteiger partial charge in [0.1, 0.15) is 18.1 Å². The summed E-state index contributed by atoms with van der Waals surface area (Å²) < 4.78 is 6.96. The molecule has 2 aromatic carbocycles. The third kappa shape index (κ3) is 3.68. The van der Waals surface area contributed by atoms with Crippen molar-refractivity contribution in [3.63, 3.8) is 0 Å². The number of carbonyl (C=O) groups is 2. The zero-order valence-corrected chi connectivity index (χ0v) is 15.1. The van der Waals surface area contributed by atoms with E-state index in [0.717, 1.165) is 5.56 Å². The van der Waals surface area contributed by atoms with Gasteiger partial charge in [-0.05, 0) is 41.1 Å². The number of ether oxygens (including phenoxy) is 1. The van der Waals surface area contributed by atoms with Crippen LogP contribution in [0.5, 0.6) is 5.75 Å². The first-order chi connectivity index (χ1) is 13.6. The van der Waals surface area contributed by atoms with Gasteiger partial charge in [0.2, 0.25) is 5.91 Å². The fourth-order valence-electron chi connectivity index (χ4n) is 2.97. The molecule has 142 valence electrons. The lowest BCUT2D eigenvalue weighted by Gasteiger charge is -2.24. The number of anilines is 2. The van der Waals surface area contributed by atoms with Gasteiger partial charge in [0.05, 0.1) is 5.69 Å². The predicted molar refractivity (Wildman–Crippen MR) is 101 cm³/mol. The highest BCUT2D eigenvalue weighted by atomic mass is 16.5. The minimum Gasteiger partial charge on any atom is -0.479 e. The smallest absolute Gasteiger partial charge is 0.265 e. The summed E-state index contributed by atoms with van der Waals surface area (Å²) in [7, 11) is 0. The number of benzene rings is 2. The van der Waals surface area contributed by atoms with Crippen molar-refractivity contribution in [3.05, 3.63) is 60.4 Å². The molecule has 0 unspecified atom stereocenters. The topological polar surface area (TPSA) is 111 Å². The van der Waals surface area contributed by atoms with Gasteiger partial charge in [-0.25, -0.2) is 4.68 Å². The Morgan fingerprint density at radius 3 is 2.86 bits per heavy atom. The average Bonchev–Trinajstić information content (AvgIpc) is 3.22. The van der Waals surface area contributed by atoms with Crippen LogP contribution < -0.4 is 15.4 Å². The summed E-state index contributed by atoms with van der Waals surface area (Å²) in [5.74, 6) is 0.0607. The van der Waals surface area contributed by atoms with Gasteiger partial charge in [-0.3, -0.25) is 9.59 Å². The Kier molecular flexibility index (Phi) is 4.71. The summed E-state index contributed by atoms with van der Waals surface area (Å²) in [5.41, 5.74) is 2.04. The molecule has 9 nitrogen and oxygen atoms in total. The first kappa shape index (κ1) is 17.7. The second kappa shape index (κ2) is 7.47. The molecule has 1 aromatic heterocycles. The maximum Gasteiger partial charge on any atom is 0.265 e. The molecule has 0 saturated heterocycles. The zero-order chi connectivity index (χ0) is 19.5. The summed E-state index contributed by atoms with van der Waals surface area (Å²) in [6, 6.07) is 14.1. The standard InChI is InChI=1S/C19H18N6O3/c1-12-18(26)22-15-10-14(7-8-17(15)28-12)21-19(27)16(25-11-20-23-24-25)9-13-5-3-2-4-6-13/h2-8,10-12,16H,9H2,1H3,(H,21,27)(H,22,26)/t12-,16+/m0/s1. The molecule has 2 N–H and O–H groups in total. The molecular weight excluding hydrogens is 360 g/mol. The minimum atomic E-state index is -0.626. The van der Waals surface area contributed by atoms with E-state index < -0.39 is 12.1 Å². The number of carbonyl (C=O) groups excluding carboxylic acids is 2. The quantitative estimate of drug-likeness (QED) is 0.701. The Morgan fingerprint density at radius 1 is 1.29 bits per heavy atom. The highest BCUT2D eigenvalue weighted by Gasteiger charge is 2.25. The Bertz CT molecular complexity index is 990. The molecule has 28 heavy (non-hydrogen) atoms. The minimum absolute atomic E-state index is 0.230. The van der Waals surface area contributed by atoms with Crippen molar-refractivity contribution in [2.75, 3.05) is 10.6 Å². The number of hydrogen-bond acceptors (Lipinski definition) is 6. The van der Waals surface area contributed by atoms with Gasteiger partial charge in [-0.15, -0.1) is 5.10 Å². The molecule has 0 bridgehead atoms. The SMILES string of the molecule is C[C@@H]1Oc2ccc(NC(=O)[C@@H](Cc3ccccc3)n3cnnn3)cc2NC1=O. The third-order valence-electron chi connectivity index (χ3n) is 4.44. The number of nitrogens with zero attached hydrogens (tertiary/aromatic N) is 4. The van der Waals surface area contributed by atoms with Gasteiger partial charge in [0.25, 0.3) is 5.91 Å². The fourth-order valence-corrected chi connectivity index (χ4v) is 2.97. The van der Waals surface area contributed by atoms with E-state index in [4.69, 9.17) is 4.74 Å². The predicted octanol–water partition coefficient (Wildman–Crippen LogP) is 1.81. The lowest BCUT2D eigenvalue weighted by molar-refractivity contribution is -0.122. The Morgan fingerprint density at radius 2 is 2.11 bits per heavy atom. The summed E-state index contributed by atoms with van der Waals surface area (Å²) in [4.78, 5) is 24.8. The number of aromatic nitrogens is 4. The largest absolute Gasteiger partial charge is 0.479 e. The second-order valence-corrected chi connectivity index (χ2v) is 6.44. The average molecular weight is 378 g/mol. The molecule has 0 spiro atoms. The molecule has 2 atom stereocenters. The van der Waals surface area contributed by atoms with E-state index in [9.17, 15) is 9.59 Å². The number of tetrazole rings is 1. The van der Waals surface area contributed by atoms with Crippen molar-refractivity contribution in [2.24, 2.45) is 0 Å². The molecule has 0 saturated carbocycles. The summed E-state index contributed by atoms with van der Waals surface area (Å²) in [6.45, 7) is 1.67. The molecule has 2 amide bonds. The van der Waals surface area contributed by atoms with Crippen LogP contribution >= 0.6 is 0 Å². The van der Waals surface area contributed by atoms with Gasteiger partial charge < -0.3 is 15.4 Å². The van der Waals surface area contributed by atoms with E-state index in [1.54, 1.807) is 25.1 Å². The monoisotopic (exact) mass is 378 g/mol. The Hall–Kier alpha value is -3.75. The van der Waals surface area contributed by atoms with Crippen LogP contribution in [0.2, 0.25) is 0 Å². The molecule has 2 heterocycles. The van der Waals surface area contributed by atoms with E-state index in [2.05, 4.69) is 26.2 Å². The Balaban J connectivity index is 1.55. The van der Waals surface area contributed by atoms with Crippen molar-refractivity contribution in [1.82, 2.24) is 20.2 Å². The van der Waals surface area contributed by atoms with Gasteiger partial charge in [-0.2, -0.15) is 0 Å². The molecule has 0 aliphatic carbocycles. The van der Waals surface area contributed by atoms with E-state index in [0.29, 0.717) is 23.5 Å². The number of amides is 2. The lowest BCUT2D eigenvalue weighted by Crippen LogP contribution is -2.34. The molecule has 1 aliphatic rings. The lowest BCUT2D eigenvalue weighted by atomic mass is 10.1. The van der Waals surface area contributed by atoms with Crippen LogP contribution in [0.3, 0.4) is 0 Å². The van der Waals surface area contributed by atoms with E-state index in [1.807, 2.05) is 30.3 Å². The summed E-state index contributed by atoms with van der Waals surface area (Å²) in [6.07, 6.45) is 1.29. The molecular formula is C19H18N6O3. The summed E-state index contributed by atoms with van der Waals surface area (Å²) in [5, 5.41) is 16.8. The number of fused-ring (bicyclic) bond motifs is 1. The maximum absolute atomic E-state index is 13.0. The van der Waals surface area contributed by atoms with E-state index in [1.165, 1.54) is 11.0 Å². The number of rotatable bonds is 5. The van der Waals surface area contributed by atoms with Crippen molar-refractivity contribution in [3.8, 4) is 5.75 Å². The van der Waals surface area contributed by atoms with Crippen LogP contribution in [0.25, 0.3) is 0 Å². The van der Waals surface area contributed by atoms with Crippen LogP contribution in [-0.2, 0) is 16.0 Å². The first-order valence-corrected chi connectivity index (χ1v) is 8.79. The van der Waals surface area contributed by atoms with Crippen molar-refractivity contribution in [2.45, 2.75) is 25.5 Å². The zero-order valence-electron chi connectivity index (χ0n) is 15.1. The number of hydrogen-bond donors (Lipinski definition) is 2. The van der Waals surface area contributed by atoms with Crippen LogP contribution in [0.1, 0.15) is 18.5 Å². The van der Waals surface area contributed by atoms with E-state index >= 15 is 0 Å². The highest BCUT2D eigenvalue weighted by molar-refractivity contribution is 5.99. The molecule has 9 heteroatoms. The maximum atomic E-state index is 13.0. The van der Waals surface area contributed by atoms with Crippen molar-refractivity contribution >= 4 is 23.2 Å². The molecule has 3 aromatic rings. The van der Waals surface area contributed by atoms with Crippen molar-refractivity contribution in [1.29, 1.82) is 0 Å². The van der Waals surface area contributed by atoms with Gasteiger partial charge >= 0.3 is 0 Å². The molecule has 0 radical (unpaired) electrons. The van der Waals surface area contributed by atoms with Gasteiger partial charge in [-0.1, -0.05) is 30.3 Å². The summed E-state index contributed by atoms with van der Waals surface area (Å²) >= 11 is 0. The van der Waals surface area contributed by atoms with Gasteiger partial charge in [0, 0.05) is 12.1 Å². The van der Waals surface area contributed by atoms with Crippen LogP contribution in [0, 0.1) is 0 Å². The first-order valence-electron chi connectivity index (χ1n) is 8.79. The van der Waals surface area contributed by atoms with Crippen molar-refractivity contribution < 1.29 is 14.3 Å². The Labute approximate surface area is 160 Å².